The highest BCUT2D eigenvalue weighted by Crippen LogP contribution is 2.26. The molecule has 0 unspecified atom stereocenters. The van der Waals surface area contributed by atoms with Gasteiger partial charge in [-0.2, -0.15) is 10.4 Å². The van der Waals surface area contributed by atoms with E-state index in [1.807, 2.05) is 36.4 Å². The Balaban J connectivity index is 2.03. The summed E-state index contributed by atoms with van der Waals surface area (Å²) in [6.07, 6.45) is 1.48. The van der Waals surface area contributed by atoms with Crippen molar-refractivity contribution in [1.82, 2.24) is 9.78 Å². The van der Waals surface area contributed by atoms with Gasteiger partial charge in [-0.15, -0.1) is 0 Å². The third-order valence-electron chi connectivity index (χ3n) is 4.03. The molecule has 6 heteroatoms. The first-order valence-electron chi connectivity index (χ1n) is 8.16. The molecular formula is C21H16ClN3O2. The number of rotatable bonds is 5. The molecule has 0 aliphatic carbocycles. The number of nitrogens with zero attached hydrogens (tertiary/aromatic N) is 3. The zero-order valence-electron chi connectivity index (χ0n) is 14.8. The van der Waals surface area contributed by atoms with Gasteiger partial charge in [0.2, 0.25) is 5.78 Å². The highest BCUT2D eigenvalue weighted by Gasteiger charge is 2.18. The van der Waals surface area contributed by atoms with E-state index < -0.39 is 5.78 Å². The quantitative estimate of drug-likeness (QED) is 0.369. The zero-order valence-corrected chi connectivity index (χ0v) is 15.6. The lowest BCUT2D eigenvalue weighted by Gasteiger charge is -2.04. The number of aromatic nitrogens is 2. The summed E-state index contributed by atoms with van der Waals surface area (Å²) >= 11 is 6.48. The van der Waals surface area contributed by atoms with Gasteiger partial charge in [0.1, 0.15) is 22.5 Å². The number of nitriles is 1. The molecule has 27 heavy (non-hydrogen) atoms. The predicted octanol–water partition coefficient (Wildman–Crippen LogP) is 4.63. The minimum absolute atomic E-state index is 0.0270. The molecule has 0 saturated carbocycles. The van der Waals surface area contributed by atoms with Crippen LogP contribution in [0.4, 0.5) is 0 Å². The Morgan fingerprint density at radius 2 is 1.96 bits per heavy atom. The van der Waals surface area contributed by atoms with E-state index in [0.717, 1.165) is 5.69 Å². The van der Waals surface area contributed by atoms with Gasteiger partial charge in [-0.25, -0.2) is 4.68 Å². The van der Waals surface area contributed by atoms with Crippen molar-refractivity contribution in [3.63, 3.8) is 0 Å². The van der Waals surface area contributed by atoms with Crippen molar-refractivity contribution in [2.45, 2.75) is 6.92 Å². The van der Waals surface area contributed by atoms with Crippen LogP contribution < -0.4 is 4.74 Å². The number of ketones is 1. The number of hydrogen-bond donors (Lipinski definition) is 0. The fraction of sp³-hybridized carbons (Fsp3) is 0.0952. The summed E-state index contributed by atoms with van der Waals surface area (Å²) in [5.74, 6) is 0.142. The molecule has 0 radical (unpaired) electrons. The number of methoxy groups -OCH3 is 1. The fourth-order valence-electron chi connectivity index (χ4n) is 2.63. The lowest BCUT2D eigenvalue weighted by atomic mass is 10.0. The second kappa shape index (κ2) is 7.90. The second-order valence-corrected chi connectivity index (χ2v) is 6.13. The normalized spacial score (nSPS) is 11.1. The number of Topliss-reactive ketones (excluding diaryl/α,β-unsaturated/α-hetero) is 1. The Morgan fingerprint density at radius 3 is 2.63 bits per heavy atom. The molecule has 134 valence electrons. The molecule has 3 rings (SSSR count). The summed E-state index contributed by atoms with van der Waals surface area (Å²) in [6, 6.07) is 18.0. The van der Waals surface area contributed by atoms with Crippen molar-refractivity contribution < 1.29 is 9.53 Å². The maximum atomic E-state index is 12.7. The fourth-order valence-corrected chi connectivity index (χ4v) is 2.95. The summed E-state index contributed by atoms with van der Waals surface area (Å²) in [5.41, 5.74) is 2.29. The van der Waals surface area contributed by atoms with Gasteiger partial charge in [-0.1, -0.05) is 41.9 Å². The maximum absolute atomic E-state index is 12.7. The number of allylic oxidation sites excluding steroid dienone is 1. The molecule has 0 saturated heterocycles. The van der Waals surface area contributed by atoms with Crippen LogP contribution in [-0.2, 0) is 0 Å². The molecule has 0 amide bonds. The number of hydrogen-bond acceptors (Lipinski definition) is 4. The average molecular weight is 378 g/mol. The summed E-state index contributed by atoms with van der Waals surface area (Å²) in [6.45, 7) is 1.78. The van der Waals surface area contributed by atoms with Gasteiger partial charge in [-0.3, -0.25) is 4.79 Å². The summed E-state index contributed by atoms with van der Waals surface area (Å²) in [4.78, 5) is 12.7. The first-order chi connectivity index (χ1) is 13.0. The van der Waals surface area contributed by atoms with Crippen LogP contribution in [0.1, 0.15) is 21.6 Å². The minimum atomic E-state index is -0.403. The number of carbonyl (C=O) groups excluding carboxylic acids is 1. The van der Waals surface area contributed by atoms with Crippen molar-refractivity contribution >= 4 is 23.5 Å². The Morgan fingerprint density at radius 1 is 1.22 bits per heavy atom. The molecule has 0 atom stereocenters. The Labute approximate surface area is 162 Å². The van der Waals surface area contributed by atoms with E-state index in [1.165, 1.54) is 13.2 Å². The van der Waals surface area contributed by atoms with Gasteiger partial charge >= 0.3 is 0 Å². The predicted molar refractivity (Wildman–Crippen MR) is 104 cm³/mol. The van der Waals surface area contributed by atoms with Crippen molar-refractivity contribution in [2.24, 2.45) is 0 Å². The number of ether oxygens (including phenoxy) is 1. The molecule has 2 aromatic carbocycles. The highest BCUT2D eigenvalue weighted by atomic mass is 35.5. The Hall–Kier alpha value is -3.36. The van der Waals surface area contributed by atoms with E-state index in [-0.39, 0.29) is 5.57 Å². The van der Waals surface area contributed by atoms with Gasteiger partial charge in [0, 0.05) is 11.1 Å². The van der Waals surface area contributed by atoms with Crippen LogP contribution in [0, 0.1) is 18.3 Å². The van der Waals surface area contributed by atoms with E-state index in [2.05, 4.69) is 5.10 Å². The van der Waals surface area contributed by atoms with Crippen LogP contribution in [0.15, 0.2) is 60.2 Å². The lowest BCUT2D eigenvalue weighted by Crippen LogP contribution is -2.02. The van der Waals surface area contributed by atoms with Crippen molar-refractivity contribution in [1.29, 1.82) is 5.26 Å². The molecular weight excluding hydrogens is 362 g/mol. The second-order valence-electron chi connectivity index (χ2n) is 5.77. The number of para-hydroxylation sites is 1. The molecule has 3 aromatic rings. The van der Waals surface area contributed by atoms with E-state index in [0.29, 0.717) is 27.7 Å². The molecule has 0 bridgehead atoms. The average Bonchev–Trinajstić information content (AvgIpc) is 3.00. The molecule has 0 fully saturated rings. The van der Waals surface area contributed by atoms with Gasteiger partial charge in [0.25, 0.3) is 0 Å². The first-order valence-corrected chi connectivity index (χ1v) is 8.54. The van der Waals surface area contributed by atoms with Gasteiger partial charge in [0.15, 0.2) is 0 Å². The minimum Gasteiger partial charge on any atom is -0.497 e. The molecule has 0 N–H and O–H groups in total. The van der Waals surface area contributed by atoms with Crippen LogP contribution in [0.25, 0.3) is 11.8 Å². The first kappa shape index (κ1) is 18.4. The molecule has 0 spiro atoms. The zero-order chi connectivity index (χ0) is 19.4. The topological polar surface area (TPSA) is 67.9 Å². The maximum Gasteiger partial charge on any atom is 0.203 e. The molecule has 5 nitrogen and oxygen atoms in total. The number of halogens is 1. The summed E-state index contributed by atoms with van der Waals surface area (Å²) in [5, 5.41) is 14.3. The van der Waals surface area contributed by atoms with Crippen LogP contribution >= 0.6 is 11.6 Å². The van der Waals surface area contributed by atoms with Crippen LogP contribution in [0.5, 0.6) is 5.75 Å². The highest BCUT2D eigenvalue weighted by molar-refractivity contribution is 6.31. The van der Waals surface area contributed by atoms with Gasteiger partial charge < -0.3 is 4.74 Å². The largest absolute Gasteiger partial charge is 0.497 e. The number of carbonyl (C=O) groups is 1. The van der Waals surface area contributed by atoms with Crippen molar-refractivity contribution in [3.8, 4) is 17.5 Å². The van der Waals surface area contributed by atoms with Crippen LogP contribution in [0.2, 0.25) is 5.15 Å². The van der Waals surface area contributed by atoms with Gasteiger partial charge in [0.05, 0.1) is 18.5 Å². The standard InChI is InChI=1S/C21H16ClN3O2/c1-14-19(21(22)25(24-14)17-8-4-3-5-9-17)12-16(13-23)20(26)15-7-6-10-18(11-15)27-2/h3-12H,1-2H3/b16-12+. The van der Waals surface area contributed by atoms with E-state index >= 15 is 0 Å². The number of aryl methyl sites for hydroxylation is 1. The number of benzene rings is 2. The SMILES string of the molecule is COc1cccc(C(=O)/C(C#N)=C/c2c(C)nn(-c3ccccc3)c2Cl)c1. The van der Waals surface area contributed by atoms with Crippen LogP contribution in [-0.4, -0.2) is 22.7 Å². The van der Waals surface area contributed by atoms with Crippen molar-refractivity contribution in [2.75, 3.05) is 7.11 Å². The molecule has 1 heterocycles. The molecule has 0 aliphatic rings. The van der Waals surface area contributed by atoms with E-state index in [4.69, 9.17) is 16.3 Å². The smallest absolute Gasteiger partial charge is 0.203 e. The van der Waals surface area contributed by atoms with Crippen LogP contribution in [0.3, 0.4) is 0 Å². The molecule has 1 aromatic heterocycles. The van der Waals surface area contributed by atoms with E-state index in [9.17, 15) is 10.1 Å². The molecule has 0 aliphatic heterocycles. The third kappa shape index (κ3) is 3.76. The Bertz CT molecular complexity index is 1060. The third-order valence-corrected chi connectivity index (χ3v) is 4.40. The summed E-state index contributed by atoms with van der Waals surface area (Å²) in [7, 11) is 1.52. The van der Waals surface area contributed by atoms with Gasteiger partial charge in [-0.05, 0) is 37.3 Å². The van der Waals surface area contributed by atoms with Crippen molar-refractivity contribution in [3.05, 3.63) is 82.1 Å². The lowest BCUT2D eigenvalue weighted by molar-refractivity contribution is 0.103. The summed E-state index contributed by atoms with van der Waals surface area (Å²) < 4.78 is 6.72. The van der Waals surface area contributed by atoms with E-state index in [1.54, 1.807) is 35.9 Å². The monoisotopic (exact) mass is 377 g/mol. The Kier molecular flexibility index (Phi) is 5.39.